The van der Waals surface area contributed by atoms with E-state index >= 15 is 0 Å². The van der Waals surface area contributed by atoms with Crippen LogP contribution in [0.1, 0.15) is 36.5 Å². The first kappa shape index (κ1) is 15.7. The number of sulfonamides is 1. The van der Waals surface area contributed by atoms with E-state index in [-0.39, 0.29) is 23.6 Å². The van der Waals surface area contributed by atoms with Crippen molar-refractivity contribution in [3.63, 3.8) is 0 Å². The van der Waals surface area contributed by atoms with E-state index in [2.05, 4.69) is 0 Å². The first-order valence-electron chi connectivity index (χ1n) is 6.76. The van der Waals surface area contributed by atoms with Gasteiger partial charge >= 0.3 is 5.97 Å². The van der Waals surface area contributed by atoms with Gasteiger partial charge in [-0.2, -0.15) is 4.31 Å². The van der Waals surface area contributed by atoms with Crippen LogP contribution >= 0.6 is 0 Å². The standard InChI is InChI=1S/C14H17NO5S/c1-2-13(16)10-5-3-6-11(9-10)21(19,20)15-8-4-7-12(15)14(17)18/h3,5-6,9,12H,2,4,7-8H2,1H3,(H,17,18)/t12-/m0/s1. The number of ketones is 1. The molecule has 1 heterocycles. The molecule has 1 fully saturated rings. The van der Waals surface area contributed by atoms with Gasteiger partial charge in [0.2, 0.25) is 10.0 Å². The molecule has 0 aromatic heterocycles. The summed E-state index contributed by atoms with van der Waals surface area (Å²) in [6.45, 7) is 1.88. The Morgan fingerprint density at radius 1 is 1.38 bits per heavy atom. The molecule has 1 N–H and O–H groups in total. The lowest BCUT2D eigenvalue weighted by Crippen LogP contribution is -2.40. The van der Waals surface area contributed by atoms with Crippen LogP contribution in [0.15, 0.2) is 29.2 Å². The molecule has 6 nitrogen and oxygen atoms in total. The quantitative estimate of drug-likeness (QED) is 0.832. The maximum atomic E-state index is 12.6. The summed E-state index contributed by atoms with van der Waals surface area (Å²) < 4.78 is 26.1. The molecule has 1 aliphatic rings. The van der Waals surface area contributed by atoms with Crippen molar-refractivity contribution in [1.29, 1.82) is 0 Å². The van der Waals surface area contributed by atoms with Gasteiger partial charge in [0.1, 0.15) is 6.04 Å². The molecule has 0 spiro atoms. The largest absolute Gasteiger partial charge is 0.480 e. The predicted octanol–water partition coefficient (Wildman–Crippen LogP) is 1.52. The molecule has 0 unspecified atom stereocenters. The van der Waals surface area contributed by atoms with E-state index in [9.17, 15) is 18.0 Å². The first-order chi connectivity index (χ1) is 9.87. The number of carboxylic acid groups (broad SMARTS) is 1. The molecule has 1 atom stereocenters. The minimum atomic E-state index is -3.90. The fourth-order valence-electron chi connectivity index (χ4n) is 2.44. The number of nitrogens with zero attached hydrogens (tertiary/aromatic N) is 1. The lowest BCUT2D eigenvalue weighted by atomic mass is 10.1. The van der Waals surface area contributed by atoms with Gasteiger partial charge in [-0.05, 0) is 25.0 Å². The van der Waals surface area contributed by atoms with Crippen molar-refractivity contribution in [2.75, 3.05) is 6.54 Å². The van der Waals surface area contributed by atoms with Gasteiger partial charge in [-0.25, -0.2) is 8.42 Å². The van der Waals surface area contributed by atoms with Gasteiger partial charge in [-0.3, -0.25) is 9.59 Å². The molecule has 21 heavy (non-hydrogen) atoms. The summed E-state index contributed by atoms with van der Waals surface area (Å²) in [7, 11) is -3.90. The number of Topliss-reactive ketones (excluding diaryl/α,β-unsaturated/α-hetero) is 1. The molecule has 1 aromatic carbocycles. The van der Waals surface area contributed by atoms with Crippen molar-refractivity contribution >= 4 is 21.8 Å². The summed E-state index contributed by atoms with van der Waals surface area (Å²) in [6.07, 6.45) is 1.11. The van der Waals surface area contributed by atoms with Crippen LogP contribution in [0.2, 0.25) is 0 Å². The number of carbonyl (C=O) groups excluding carboxylic acids is 1. The zero-order valence-electron chi connectivity index (χ0n) is 11.7. The Labute approximate surface area is 123 Å². The van der Waals surface area contributed by atoms with Crippen molar-refractivity contribution in [3.8, 4) is 0 Å². The first-order valence-corrected chi connectivity index (χ1v) is 8.20. The van der Waals surface area contributed by atoms with Gasteiger partial charge in [0.05, 0.1) is 4.90 Å². The second-order valence-electron chi connectivity index (χ2n) is 4.92. The second-order valence-corrected chi connectivity index (χ2v) is 6.81. The monoisotopic (exact) mass is 311 g/mol. The zero-order valence-corrected chi connectivity index (χ0v) is 12.5. The topological polar surface area (TPSA) is 91.8 Å². The SMILES string of the molecule is CCC(=O)c1cccc(S(=O)(=O)N2CCC[C@H]2C(=O)O)c1. The summed E-state index contributed by atoms with van der Waals surface area (Å²) in [5.41, 5.74) is 0.324. The van der Waals surface area contributed by atoms with Crippen LogP contribution in [0.25, 0.3) is 0 Å². The maximum Gasteiger partial charge on any atom is 0.322 e. The molecule has 0 amide bonds. The van der Waals surface area contributed by atoms with Crippen LogP contribution in [-0.2, 0) is 14.8 Å². The van der Waals surface area contributed by atoms with Crippen LogP contribution in [0.3, 0.4) is 0 Å². The van der Waals surface area contributed by atoms with Crippen molar-refractivity contribution in [2.45, 2.75) is 37.1 Å². The molecule has 114 valence electrons. The number of carbonyl (C=O) groups is 2. The highest BCUT2D eigenvalue weighted by Gasteiger charge is 2.39. The number of hydrogen-bond acceptors (Lipinski definition) is 4. The van der Waals surface area contributed by atoms with Crippen LogP contribution in [-0.4, -0.2) is 42.2 Å². The minimum absolute atomic E-state index is 0.0325. The summed E-state index contributed by atoms with van der Waals surface area (Å²) in [5, 5.41) is 9.11. The Morgan fingerprint density at radius 2 is 2.10 bits per heavy atom. The summed E-state index contributed by atoms with van der Waals surface area (Å²) in [4.78, 5) is 22.8. The summed E-state index contributed by atoms with van der Waals surface area (Å²) in [6, 6.07) is 4.74. The van der Waals surface area contributed by atoms with E-state index in [1.807, 2.05) is 0 Å². The molecular weight excluding hydrogens is 294 g/mol. The van der Waals surface area contributed by atoms with E-state index in [4.69, 9.17) is 5.11 Å². The molecular formula is C14H17NO5S. The van der Waals surface area contributed by atoms with Crippen LogP contribution in [0.4, 0.5) is 0 Å². The number of carboxylic acids is 1. The molecule has 0 bridgehead atoms. The van der Waals surface area contributed by atoms with Gasteiger partial charge in [0, 0.05) is 18.5 Å². The maximum absolute atomic E-state index is 12.6. The molecule has 2 rings (SSSR count). The Morgan fingerprint density at radius 3 is 2.71 bits per heavy atom. The molecule has 0 radical (unpaired) electrons. The van der Waals surface area contributed by atoms with Crippen LogP contribution in [0, 0.1) is 0 Å². The van der Waals surface area contributed by atoms with Crippen molar-refractivity contribution < 1.29 is 23.1 Å². The van der Waals surface area contributed by atoms with E-state index in [0.29, 0.717) is 18.4 Å². The second kappa shape index (κ2) is 5.95. The normalized spacial score (nSPS) is 19.6. The minimum Gasteiger partial charge on any atom is -0.480 e. The van der Waals surface area contributed by atoms with Crippen molar-refractivity contribution in [2.24, 2.45) is 0 Å². The highest BCUT2D eigenvalue weighted by Crippen LogP contribution is 2.26. The molecule has 1 aliphatic heterocycles. The van der Waals surface area contributed by atoms with Gasteiger partial charge in [-0.1, -0.05) is 19.1 Å². The lowest BCUT2D eigenvalue weighted by Gasteiger charge is -2.21. The summed E-state index contributed by atoms with van der Waals surface area (Å²) in [5.74, 6) is -1.29. The third-order valence-electron chi connectivity index (χ3n) is 3.57. The van der Waals surface area contributed by atoms with Gasteiger partial charge < -0.3 is 5.11 Å². The van der Waals surface area contributed by atoms with E-state index in [1.54, 1.807) is 13.0 Å². The third kappa shape index (κ3) is 2.98. The van der Waals surface area contributed by atoms with Crippen LogP contribution in [0.5, 0.6) is 0 Å². The average molecular weight is 311 g/mol. The molecule has 7 heteroatoms. The Bertz CT molecular complexity index is 668. The summed E-state index contributed by atoms with van der Waals surface area (Å²) >= 11 is 0. The Kier molecular flexibility index (Phi) is 4.43. The fourth-order valence-corrected chi connectivity index (χ4v) is 4.14. The highest BCUT2D eigenvalue weighted by atomic mass is 32.2. The molecule has 0 aliphatic carbocycles. The van der Waals surface area contributed by atoms with E-state index in [0.717, 1.165) is 4.31 Å². The number of aliphatic carboxylic acids is 1. The van der Waals surface area contributed by atoms with Gasteiger partial charge in [0.15, 0.2) is 5.78 Å². The average Bonchev–Trinajstić information content (AvgIpc) is 2.97. The number of benzene rings is 1. The lowest BCUT2D eigenvalue weighted by molar-refractivity contribution is -0.140. The highest BCUT2D eigenvalue weighted by molar-refractivity contribution is 7.89. The van der Waals surface area contributed by atoms with Crippen molar-refractivity contribution in [1.82, 2.24) is 4.31 Å². The molecule has 1 saturated heterocycles. The third-order valence-corrected chi connectivity index (χ3v) is 5.48. The Balaban J connectivity index is 2.40. The predicted molar refractivity (Wildman–Crippen MR) is 75.6 cm³/mol. The molecule has 1 aromatic rings. The smallest absolute Gasteiger partial charge is 0.322 e. The van der Waals surface area contributed by atoms with Gasteiger partial charge in [-0.15, -0.1) is 0 Å². The van der Waals surface area contributed by atoms with Crippen molar-refractivity contribution in [3.05, 3.63) is 29.8 Å². The number of rotatable bonds is 5. The zero-order chi connectivity index (χ0) is 15.6. The molecule has 0 saturated carbocycles. The number of hydrogen-bond donors (Lipinski definition) is 1. The van der Waals surface area contributed by atoms with E-state index in [1.165, 1.54) is 18.2 Å². The van der Waals surface area contributed by atoms with Gasteiger partial charge in [0.25, 0.3) is 0 Å². The van der Waals surface area contributed by atoms with Crippen LogP contribution < -0.4 is 0 Å². The Hall–Kier alpha value is -1.73. The fraction of sp³-hybridized carbons (Fsp3) is 0.429. The van der Waals surface area contributed by atoms with E-state index < -0.39 is 22.0 Å².